The summed E-state index contributed by atoms with van der Waals surface area (Å²) in [6.07, 6.45) is 6.41. The van der Waals surface area contributed by atoms with Crippen molar-refractivity contribution >= 4 is 5.96 Å². The number of unbranched alkanes of at least 4 members (excludes halogenated alkanes) is 3. The van der Waals surface area contributed by atoms with Crippen LogP contribution in [-0.4, -0.2) is 66.7 Å². The number of guanidine groups is 1. The number of methoxy groups -OCH3 is 3. The van der Waals surface area contributed by atoms with E-state index in [0.29, 0.717) is 0 Å². The number of ether oxygens (including phenoxy) is 3. The second-order valence-electron chi connectivity index (χ2n) is 5.18. The number of hydrogen-bond acceptors (Lipinski definition) is 4. The Morgan fingerprint density at radius 2 is 1.14 bits per heavy atom. The van der Waals surface area contributed by atoms with Crippen LogP contribution in [0.2, 0.25) is 0 Å². The number of nitrogens with one attached hydrogen (secondary N) is 2. The highest BCUT2D eigenvalue weighted by Gasteiger charge is 1.98. The first-order valence-electron chi connectivity index (χ1n) is 8.34. The van der Waals surface area contributed by atoms with Crippen LogP contribution in [0.15, 0.2) is 4.99 Å². The van der Waals surface area contributed by atoms with Crippen molar-refractivity contribution in [3.8, 4) is 0 Å². The number of rotatable bonds is 15. The molecule has 0 spiro atoms. The molecule has 0 saturated heterocycles. The maximum Gasteiger partial charge on any atom is 0.191 e. The van der Waals surface area contributed by atoms with Gasteiger partial charge in [0.1, 0.15) is 0 Å². The predicted octanol–water partition coefficient (Wildman–Crippen LogP) is 1.80. The van der Waals surface area contributed by atoms with Gasteiger partial charge in [-0.3, -0.25) is 4.99 Å². The summed E-state index contributed by atoms with van der Waals surface area (Å²) >= 11 is 0. The van der Waals surface area contributed by atoms with E-state index in [9.17, 15) is 0 Å². The van der Waals surface area contributed by atoms with Gasteiger partial charge in [0.05, 0.1) is 0 Å². The molecule has 0 atom stereocenters. The fourth-order valence-corrected chi connectivity index (χ4v) is 1.88. The van der Waals surface area contributed by atoms with E-state index in [1.54, 1.807) is 21.3 Å². The van der Waals surface area contributed by atoms with Gasteiger partial charge in [-0.05, 0) is 38.5 Å². The first-order valence-corrected chi connectivity index (χ1v) is 8.34. The number of nitrogens with zero attached hydrogens (tertiary/aromatic N) is 1. The van der Waals surface area contributed by atoms with E-state index in [1.165, 1.54) is 0 Å². The molecule has 0 aliphatic rings. The first-order chi connectivity index (χ1) is 10.8. The van der Waals surface area contributed by atoms with Gasteiger partial charge in [0, 0.05) is 60.8 Å². The molecule has 0 aromatic carbocycles. The molecule has 0 radical (unpaired) electrons. The Bertz CT molecular complexity index is 235. The molecule has 0 aliphatic heterocycles. The molecule has 2 N–H and O–H groups in total. The smallest absolute Gasteiger partial charge is 0.191 e. The minimum Gasteiger partial charge on any atom is -0.385 e. The molecule has 6 heteroatoms. The summed E-state index contributed by atoms with van der Waals surface area (Å²) < 4.78 is 15.2. The first kappa shape index (κ1) is 21.1. The Hall–Kier alpha value is -0.850. The molecular weight excluding hydrogens is 282 g/mol. The Balaban J connectivity index is 3.88. The van der Waals surface area contributed by atoms with E-state index in [1.807, 2.05) is 0 Å². The molecule has 0 aliphatic carbocycles. The fraction of sp³-hybridized carbons (Fsp3) is 0.938. The summed E-state index contributed by atoms with van der Waals surface area (Å²) in [5.74, 6) is 0.909. The minimum atomic E-state index is 0.805. The summed E-state index contributed by atoms with van der Waals surface area (Å²) in [6.45, 7) is 5.11. The monoisotopic (exact) mass is 317 g/mol. The molecule has 0 rings (SSSR count). The normalized spacial score (nSPS) is 10.5. The van der Waals surface area contributed by atoms with Gasteiger partial charge < -0.3 is 24.8 Å². The summed E-state index contributed by atoms with van der Waals surface area (Å²) in [7, 11) is 5.21. The fourth-order valence-electron chi connectivity index (χ4n) is 1.88. The highest BCUT2D eigenvalue weighted by atomic mass is 16.5. The summed E-state index contributed by atoms with van der Waals surface area (Å²) in [4.78, 5) is 4.61. The maximum atomic E-state index is 5.06. The van der Waals surface area contributed by atoms with E-state index in [0.717, 1.165) is 83.9 Å². The predicted molar refractivity (Wildman–Crippen MR) is 91.6 cm³/mol. The highest BCUT2D eigenvalue weighted by molar-refractivity contribution is 5.79. The van der Waals surface area contributed by atoms with Crippen LogP contribution in [0.3, 0.4) is 0 Å². The Labute approximate surface area is 136 Å². The van der Waals surface area contributed by atoms with Crippen LogP contribution in [0.25, 0.3) is 0 Å². The van der Waals surface area contributed by atoms with Gasteiger partial charge >= 0.3 is 0 Å². The zero-order chi connectivity index (χ0) is 16.3. The number of hydrogen-bond donors (Lipinski definition) is 2. The van der Waals surface area contributed by atoms with Crippen LogP contribution in [-0.2, 0) is 14.2 Å². The Morgan fingerprint density at radius 3 is 1.59 bits per heavy atom. The summed E-state index contributed by atoms with van der Waals surface area (Å²) in [6, 6.07) is 0. The van der Waals surface area contributed by atoms with E-state index in [4.69, 9.17) is 14.2 Å². The van der Waals surface area contributed by atoms with Gasteiger partial charge in [0.15, 0.2) is 5.96 Å². The van der Waals surface area contributed by atoms with Gasteiger partial charge in [0.25, 0.3) is 0 Å². The summed E-state index contributed by atoms with van der Waals surface area (Å²) in [5, 5.41) is 6.76. The SMILES string of the molecule is COCCCCN=C(NCCCCOC)NCCCCOC. The van der Waals surface area contributed by atoms with E-state index < -0.39 is 0 Å². The van der Waals surface area contributed by atoms with E-state index in [-0.39, 0.29) is 0 Å². The van der Waals surface area contributed by atoms with Crippen molar-refractivity contribution in [3.05, 3.63) is 0 Å². The van der Waals surface area contributed by atoms with Crippen molar-refractivity contribution in [2.24, 2.45) is 4.99 Å². The van der Waals surface area contributed by atoms with Gasteiger partial charge in [-0.2, -0.15) is 0 Å². The van der Waals surface area contributed by atoms with Crippen molar-refractivity contribution in [1.29, 1.82) is 0 Å². The lowest BCUT2D eigenvalue weighted by atomic mass is 10.3. The third-order valence-electron chi connectivity index (χ3n) is 3.16. The standard InChI is InChI=1S/C16H35N3O3/c1-20-13-7-4-10-17-16(18-11-5-8-14-21-2)19-12-6-9-15-22-3/h4-15H2,1-3H3,(H2,17,18,19). The third-order valence-corrected chi connectivity index (χ3v) is 3.16. The average molecular weight is 317 g/mol. The molecule has 0 aromatic rings. The topological polar surface area (TPSA) is 64.1 Å². The molecule has 0 bridgehead atoms. The summed E-state index contributed by atoms with van der Waals surface area (Å²) in [5.41, 5.74) is 0. The van der Waals surface area contributed by atoms with Crippen LogP contribution < -0.4 is 10.6 Å². The average Bonchev–Trinajstić information content (AvgIpc) is 2.53. The molecule has 0 unspecified atom stereocenters. The minimum absolute atomic E-state index is 0.805. The lowest BCUT2D eigenvalue weighted by Crippen LogP contribution is -2.38. The van der Waals surface area contributed by atoms with Crippen molar-refractivity contribution < 1.29 is 14.2 Å². The van der Waals surface area contributed by atoms with Crippen LogP contribution in [0.1, 0.15) is 38.5 Å². The largest absolute Gasteiger partial charge is 0.385 e. The lowest BCUT2D eigenvalue weighted by molar-refractivity contribution is 0.193. The quantitative estimate of drug-likeness (QED) is 0.274. The molecule has 0 amide bonds. The van der Waals surface area contributed by atoms with E-state index in [2.05, 4.69) is 15.6 Å². The van der Waals surface area contributed by atoms with Crippen molar-refractivity contribution in [2.45, 2.75) is 38.5 Å². The van der Waals surface area contributed by atoms with Crippen LogP contribution in [0, 0.1) is 0 Å². The molecule has 0 saturated carbocycles. The maximum absolute atomic E-state index is 5.06. The van der Waals surface area contributed by atoms with Gasteiger partial charge in [0.2, 0.25) is 0 Å². The van der Waals surface area contributed by atoms with Crippen molar-refractivity contribution in [1.82, 2.24) is 10.6 Å². The zero-order valence-electron chi connectivity index (χ0n) is 14.7. The van der Waals surface area contributed by atoms with Crippen LogP contribution in [0.4, 0.5) is 0 Å². The van der Waals surface area contributed by atoms with Crippen molar-refractivity contribution in [2.75, 3.05) is 60.8 Å². The Kier molecular flexibility index (Phi) is 17.5. The lowest BCUT2D eigenvalue weighted by Gasteiger charge is -2.12. The van der Waals surface area contributed by atoms with Crippen LogP contribution >= 0.6 is 0 Å². The number of aliphatic imine (C=N–C) groups is 1. The molecule has 6 nitrogen and oxygen atoms in total. The second-order valence-corrected chi connectivity index (χ2v) is 5.18. The molecule has 0 fully saturated rings. The van der Waals surface area contributed by atoms with Gasteiger partial charge in [-0.1, -0.05) is 0 Å². The third kappa shape index (κ3) is 15.5. The van der Waals surface area contributed by atoms with Crippen molar-refractivity contribution in [3.63, 3.8) is 0 Å². The highest BCUT2D eigenvalue weighted by Crippen LogP contribution is 1.92. The Morgan fingerprint density at radius 1 is 0.682 bits per heavy atom. The van der Waals surface area contributed by atoms with Gasteiger partial charge in [-0.25, -0.2) is 0 Å². The second kappa shape index (κ2) is 18.2. The zero-order valence-corrected chi connectivity index (χ0v) is 14.7. The molecule has 0 aromatic heterocycles. The molecule has 22 heavy (non-hydrogen) atoms. The molecule has 132 valence electrons. The van der Waals surface area contributed by atoms with E-state index >= 15 is 0 Å². The van der Waals surface area contributed by atoms with Crippen LogP contribution in [0.5, 0.6) is 0 Å². The van der Waals surface area contributed by atoms with Gasteiger partial charge in [-0.15, -0.1) is 0 Å². The molecular formula is C16H35N3O3. The molecule has 0 heterocycles.